The molecule has 1 aromatic rings. The first kappa shape index (κ1) is 19.0. The van der Waals surface area contributed by atoms with E-state index in [2.05, 4.69) is 32.2 Å². The monoisotopic (exact) mass is 264 g/mol. The van der Waals surface area contributed by atoms with Crippen LogP contribution in [0.4, 0.5) is 0 Å². The van der Waals surface area contributed by atoms with Crippen LogP contribution in [0.3, 0.4) is 0 Å². The lowest BCUT2D eigenvalue weighted by Crippen LogP contribution is -1.92. The van der Waals surface area contributed by atoms with Crippen molar-refractivity contribution < 1.29 is 19.8 Å². The number of aryl methyl sites for hydroxylation is 1. The summed E-state index contributed by atoms with van der Waals surface area (Å²) in [5, 5.41) is 15.8. The molecule has 0 aliphatic heterocycles. The molecule has 1 aromatic carbocycles. The third-order valence-electron chi connectivity index (χ3n) is 1.67. The Bertz CT molecular complexity index is 385. The van der Waals surface area contributed by atoms with Crippen LogP contribution in [0, 0.1) is 6.92 Å². The fourth-order valence-corrected chi connectivity index (χ4v) is 0.534. The minimum absolute atomic E-state index is 0.176. The first-order valence-corrected chi connectivity index (χ1v) is 5.47. The summed E-state index contributed by atoms with van der Waals surface area (Å²) < 4.78 is 0. The van der Waals surface area contributed by atoms with Gasteiger partial charge in [-0.15, -0.1) is 0 Å². The minimum Gasteiger partial charge on any atom is -0.478 e. The molecule has 0 saturated heterocycles. The van der Waals surface area contributed by atoms with E-state index in [1.807, 2.05) is 18.2 Å². The Hall–Kier alpha value is -2.36. The SMILES string of the molecule is C=C(C)C(=O)O.C=C(C)C(=O)O.Cc1ccccc1. The summed E-state index contributed by atoms with van der Waals surface area (Å²) in [5.74, 6) is -1.87. The van der Waals surface area contributed by atoms with E-state index >= 15 is 0 Å². The van der Waals surface area contributed by atoms with E-state index in [0.717, 1.165) is 0 Å². The Morgan fingerprint density at radius 3 is 1.26 bits per heavy atom. The smallest absolute Gasteiger partial charge is 0.330 e. The number of hydrogen-bond acceptors (Lipinski definition) is 2. The third kappa shape index (κ3) is 15.6. The summed E-state index contributed by atoms with van der Waals surface area (Å²) in [4.78, 5) is 19.2. The highest BCUT2D eigenvalue weighted by atomic mass is 16.4. The van der Waals surface area contributed by atoms with E-state index in [9.17, 15) is 9.59 Å². The van der Waals surface area contributed by atoms with Gasteiger partial charge in [-0.25, -0.2) is 9.59 Å². The van der Waals surface area contributed by atoms with Gasteiger partial charge in [0.1, 0.15) is 0 Å². The molecule has 0 aliphatic carbocycles. The lowest BCUT2D eigenvalue weighted by atomic mass is 10.2. The Labute approximate surface area is 113 Å². The molecule has 0 spiro atoms. The predicted octanol–water partition coefficient (Wildman–Crippen LogP) is 3.29. The highest BCUT2D eigenvalue weighted by molar-refractivity contribution is 5.85. The summed E-state index contributed by atoms with van der Waals surface area (Å²) in [6.45, 7) is 11.3. The summed E-state index contributed by atoms with van der Waals surface area (Å²) in [7, 11) is 0. The van der Waals surface area contributed by atoms with Crippen molar-refractivity contribution >= 4 is 11.9 Å². The van der Waals surface area contributed by atoms with Gasteiger partial charge in [0, 0.05) is 11.1 Å². The summed E-state index contributed by atoms with van der Waals surface area (Å²) >= 11 is 0. The van der Waals surface area contributed by atoms with Crippen molar-refractivity contribution in [2.24, 2.45) is 0 Å². The van der Waals surface area contributed by atoms with Crippen LogP contribution < -0.4 is 0 Å². The van der Waals surface area contributed by atoms with Gasteiger partial charge in [-0.05, 0) is 20.8 Å². The normalized spacial score (nSPS) is 7.95. The van der Waals surface area contributed by atoms with E-state index in [-0.39, 0.29) is 11.1 Å². The number of rotatable bonds is 2. The van der Waals surface area contributed by atoms with Crippen molar-refractivity contribution in [3.8, 4) is 0 Å². The number of carboxylic acids is 2. The van der Waals surface area contributed by atoms with E-state index in [1.165, 1.54) is 19.4 Å². The lowest BCUT2D eigenvalue weighted by molar-refractivity contribution is -0.133. The molecule has 0 unspecified atom stereocenters. The van der Waals surface area contributed by atoms with Crippen molar-refractivity contribution in [2.45, 2.75) is 20.8 Å². The molecule has 1 rings (SSSR count). The zero-order valence-electron chi connectivity index (χ0n) is 11.5. The van der Waals surface area contributed by atoms with Crippen molar-refractivity contribution in [3.63, 3.8) is 0 Å². The molecule has 104 valence electrons. The Balaban J connectivity index is 0. The van der Waals surface area contributed by atoms with E-state index < -0.39 is 11.9 Å². The summed E-state index contributed by atoms with van der Waals surface area (Å²) in [5.41, 5.74) is 1.67. The van der Waals surface area contributed by atoms with Gasteiger partial charge >= 0.3 is 11.9 Å². The second-order valence-corrected chi connectivity index (χ2v) is 3.83. The van der Waals surface area contributed by atoms with E-state index in [1.54, 1.807) is 0 Å². The molecular weight excluding hydrogens is 244 g/mol. The van der Waals surface area contributed by atoms with Gasteiger partial charge < -0.3 is 10.2 Å². The maximum atomic E-state index is 9.60. The Kier molecular flexibility index (Phi) is 10.8. The fourth-order valence-electron chi connectivity index (χ4n) is 0.534. The van der Waals surface area contributed by atoms with Crippen LogP contribution in [0.25, 0.3) is 0 Å². The van der Waals surface area contributed by atoms with Gasteiger partial charge in [0.2, 0.25) is 0 Å². The summed E-state index contributed by atoms with van der Waals surface area (Å²) in [6.07, 6.45) is 0. The van der Waals surface area contributed by atoms with Gasteiger partial charge in [0.15, 0.2) is 0 Å². The average molecular weight is 264 g/mol. The van der Waals surface area contributed by atoms with Crippen molar-refractivity contribution in [1.82, 2.24) is 0 Å². The number of hydrogen-bond donors (Lipinski definition) is 2. The van der Waals surface area contributed by atoms with Gasteiger partial charge in [-0.1, -0.05) is 49.1 Å². The van der Waals surface area contributed by atoms with Crippen LogP contribution in [-0.2, 0) is 9.59 Å². The van der Waals surface area contributed by atoms with Crippen LogP contribution in [-0.4, -0.2) is 22.2 Å². The highest BCUT2D eigenvalue weighted by Gasteiger charge is 1.90. The predicted molar refractivity (Wildman–Crippen MR) is 76.1 cm³/mol. The van der Waals surface area contributed by atoms with Crippen LogP contribution in [0.15, 0.2) is 54.6 Å². The van der Waals surface area contributed by atoms with Crippen LogP contribution in [0.2, 0.25) is 0 Å². The second kappa shape index (κ2) is 10.8. The Morgan fingerprint density at radius 1 is 0.895 bits per heavy atom. The van der Waals surface area contributed by atoms with Crippen LogP contribution in [0.5, 0.6) is 0 Å². The maximum Gasteiger partial charge on any atom is 0.330 e. The second-order valence-electron chi connectivity index (χ2n) is 3.83. The molecule has 0 aliphatic rings. The quantitative estimate of drug-likeness (QED) is 0.804. The number of aliphatic carboxylic acids is 2. The molecule has 0 aromatic heterocycles. The zero-order valence-corrected chi connectivity index (χ0v) is 11.5. The van der Waals surface area contributed by atoms with E-state index in [4.69, 9.17) is 10.2 Å². The first-order valence-electron chi connectivity index (χ1n) is 5.47. The standard InChI is InChI=1S/C7H8.2C4H6O2/c1-7-5-3-2-4-6-7;2*1-3(2)4(5)6/h2-6H,1H3;2*1H2,2H3,(H,5,6). The summed E-state index contributed by atoms with van der Waals surface area (Å²) in [6, 6.07) is 10.3. The number of carboxylic acid groups (broad SMARTS) is 2. The van der Waals surface area contributed by atoms with Crippen molar-refractivity contribution in [1.29, 1.82) is 0 Å². The molecule has 0 heterocycles. The molecule has 4 heteroatoms. The van der Waals surface area contributed by atoms with E-state index in [0.29, 0.717) is 0 Å². The van der Waals surface area contributed by atoms with Gasteiger partial charge in [0.05, 0.1) is 0 Å². The molecule has 4 nitrogen and oxygen atoms in total. The zero-order chi connectivity index (χ0) is 15.4. The van der Waals surface area contributed by atoms with Crippen molar-refractivity contribution in [2.75, 3.05) is 0 Å². The molecular formula is C15H20O4. The van der Waals surface area contributed by atoms with Gasteiger partial charge in [-0.3, -0.25) is 0 Å². The van der Waals surface area contributed by atoms with Gasteiger partial charge in [-0.2, -0.15) is 0 Å². The van der Waals surface area contributed by atoms with Gasteiger partial charge in [0.25, 0.3) is 0 Å². The lowest BCUT2D eigenvalue weighted by Gasteiger charge is -1.82. The Morgan fingerprint density at radius 2 is 1.16 bits per heavy atom. The number of benzene rings is 1. The first-order chi connectivity index (χ1) is 8.68. The molecule has 0 atom stereocenters. The minimum atomic E-state index is -0.935. The molecule has 2 N–H and O–H groups in total. The number of carbonyl (C=O) groups is 2. The molecule has 0 amide bonds. The molecule has 0 fully saturated rings. The highest BCUT2D eigenvalue weighted by Crippen LogP contribution is 1.92. The average Bonchev–Trinajstić information content (AvgIpc) is 2.31. The van der Waals surface area contributed by atoms with Crippen molar-refractivity contribution in [3.05, 3.63) is 60.2 Å². The molecule has 0 saturated carbocycles. The fraction of sp³-hybridized carbons (Fsp3) is 0.200. The molecule has 19 heavy (non-hydrogen) atoms. The topological polar surface area (TPSA) is 74.6 Å². The van der Waals surface area contributed by atoms with Crippen LogP contribution in [0.1, 0.15) is 19.4 Å². The largest absolute Gasteiger partial charge is 0.478 e. The third-order valence-corrected chi connectivity index (χ3v) is 1.67. The van der Waals surface area contributed by atoms with Crippen LogP contribution >= 0.6 is 0 Å². The molecule has 0 bridgehead atoms. The molecule has 0 radical (unpaired) electrons. The maximum absolute atomic E-state index is 9.60.